The van der Waals surface area contributed by atoms with E-state index in [2.05, 4.69) is 21.1 Å². The summed E-state index contributed by atoms with van der Waals surface area (Å²) in [4.78, 5) is 13.5. The lowest BCUT2D eigenvalue weighted by atomic mass is 10.2. The standard InChI is InChI=1S/C17H16FN7O2S/c18-12-7-10(24-9-11(27-17(24)26)8-20-16(28)21-19)5-6-14(12)25-15-4-2-1-3-13(15)22-23-25/h1-7,11H,8-9,19H2,(H2,20,21,28)/t11-/m1/s1. The normalized spacial score (nSPS) is 16.3. The number of anilines is 1. The van der Waals surface area contributed by atoms with Crippen molar-refractivity contribution in [2.45, 2.75) is 6.10 Å². The fourth-order valence-electron chi connectivity index (χ4n) is 2.98. The van der Waals surface area contributed by atoms with Crippen molar-refractivity contribution >= 4 is 40.1 Å². The van der Waals surface area contributed by atoms with Crippen molar-refractivity contribution < 1.29 is 13.9 Å². The summed E-state index contributed by atoms with van der Waals surface area (Å²) >= 11 is 4.88. The number of hydrogen-bond acceptors (Lipinski definition) is 6. The van der Waals surface area contributed by atoms with Crippen LogP contribution in [0.3, 0.4) is 0 Å². The van der Waals surface area contributed by atoms with Crippen molar-refractivity contribution in [2.75, 3.05) is 18.0 Å². The minimum Gasteiger partial charge on any atom is -0.442 e. The van der Waals surface area contributed by atoms with E-state index >= 15 is 0 Å². The Morgan fingerprint density at radius 2 is 2.18 bits per heavy atom. The highest BCUT2D eigenvalue weighted by molar-refractivity contribution is 7.80. The number of cyclic esters (lactones) is 1. The van der Waals surface area contributed by atoms with Gasteiger partial charge in [0.25, 0.3) is 0 Å². The molecule has 28 heavy (non-hydrogen) atoms. The molecule has 4 N–H and O–H groups in total. The largest absolute Gasteiger partial charge is 0.442 e. The van der Waals surface area contributed by atoms with Crippen molar-refractivity contribution in [3.05, 3.63) is 48.3 Å². The summed E-state index contributed by atoms with van der Waals surface area (Å²) in [6.07, 6.45) is -1.00. The van der Waals surface area contributed by atoms with E-state index in [1.54, 1.807) is 24.3 Å². The van der Waals surface area contributed by atoms with Gasteiger partial charge >= 0.3 is 6.09 Å². The Labute approximate surface area is 164 Å². The summed E-state index contributed by atoms with van der Waals surface area (Å²) in [6.45, 7) is 0.543. The van der Waals surface area contributed by atoms with Crippen LogP contribution in [0, 0.1) is 5.82 Å². The Morgan fingerprint density at radius 3 is 2.96 bits per heavy atom. The third kappa shape index (κ3) is 3.32. The van der Waals surface area contributed by atoms with Crippen LogP contribution in [0.25, 0.3) is 16.7 Å². The van der Waals surface area contributed by atoms with Crippen LogP contribution < -0.4 is 21.5 Å². The van der Waals surface area contributed by atoms with Crippen LogP contribution in [0.4, 0.5) is 14.9 Å². The second kappa shape index (κ2) is 7.37. The van der Waals surface area contributed by atoms with Crippen LogP contribution in [0.5, 0.6) is 0 Å². The third-order valence-electron chi connectivity index (χ3n) is 4.32. The Balaban J connectivity index is 1.55. The molecule has 0 bridgehead atoms. The molecular weight excluding hydrogens is 385 g/mol. The van der Waals surface area contributed by atoms with Gasteiger partial charge in [0.2, 0.25) is 0 Å². The molecule has 1 fully saturated rings. The van der Waals surface area contributed by atoms with Crippen molar-refractivity contribution in [2.24, 2.45) is 5.84 Å². The number of hydrogen-bond donors (Lipinski definition) is 3. The highest BCUT2D eigenvalue weighted by Crippen LogP contribution is 2.26. The van der Waals surface area contributed by atoms with Gasteiger partial charge in [0, 0.05) is 0 Å². The molecule has 1 atom stereocenters. The average molecular weight is 401 g/mol. The second-order valence-electron chi connectivity index (χ2n) is 6.10. The monoisotopic (exact) mass is 401 g/mol. The van der Waals surface area contributed by atoms with Gasteiger partial charge in [-0.25, -0.2) is 19.7 Å². The maximum Gasteiger partial charge on any atom is 0.414 e. The van der Waals surface area contributed by atoms with Crippen LogP contribution in [-0.4, -0.2) is 45.4 Å². The second-order valence-corrected chi connectivity index (χ2v) is 6.50. The molecule has 1 aliphatic rings. The van der Waals surface area contributed by atoms with Crippen LogP contribution in [-0.2, 0) is 4.74 Å². The number of thiocarbonyl (C=S) groups is 1. The van der Waals surface area contributed by atoms with Gasteiger partial charge in [0.15, 0.2) is 10.9 Å². The number of para-hydroxylation sites is 1. The van der Waals surface area contributed by atoms with E-state index in [1.165, 1.54) is 15.6 Å². The van der Waals surface area contributed by atoms with Crippen molar-refractivity contribution in [3.8, 4) is 5.69 Å². The zero-order valence-corrected chi connectivity index (χ0v) is 15.3. The van der Waals surface area contributed by atoms with Gasteiger partial charge in [-0.1, -0.05) is 17.3 Å². The molecule has 0 radical (unpaired) electrons. The molecule has 1 aromatic heterocycles. The maximum absolute atomic E-state index is 14.8. The SMILES string of the molecule is NNC(=S)NC[C@@H]1CN(c2ccc(-n3nnc4ccccc43)c(F)c2)C(=O)O1. The molecule has 144 valence electrons. The zero-order chi connectivity index (χ0) is 19.7. The molecule has 0 unspecified atom stereocenters. The fourth-order valence-corrected chi connectivity index (χ4v) is 3.06. The quantitative estimate of drug-likeness (QED) is 0.340. The molecule has 1 amide bonds. The predicted octanol–water partition coefficient (Wildman–Crippen LogP) is 1.22. The van der Waals surface area contributed by atoms with Gasteiger partial charge in [-0.3, -0.25) is 4.90 Å². The molecule has 3 aromatic rings. The van der Waals surface area contributed by atoms with Gasteiger partial charge in [0.1, 0.15) is 17.3 Å². The number of benzene rings is 2. The number of nitrogens with two attached hydrogens (primary N) is 1. The van der Waals surface area contributed by atoms with Gasteiger partial charge in [-0.2, -0.15) is 0 Å². The number of nitrogens with zero attached hydrogens (tertiary/aromatic N) is 4. The van der Waals surface area contributed by atoms with Gasteiger partial charge < -0.3 is 15.5 Å². The van der Waals surface area contributed by atoms with E-state index in [0.717, 1.165) is 0 Å². The first-order valence-electron chi connectivity index (χ1n) is 8.40. The molecule has 9 nitrogen and oxygen atoms in total. The number of carbonyl (C=O) groups is 1. The predicted molar refractivity (Wildman–Crippen MR) is 104 cm³/mol. The number of aromatic nitrogens is 3. The number of nitrogens with one attached hydrogen (secondary N) is 2. The fraction of sp³-hybridized carbons (Fsp3) is 0.176. The topological polar surface area (TPSA) is 110 Å². The average Bonchev–Trinajstić information content (AvgIpc) is 3.29. The first-order chi connectivity index (χ1) is 13.6. The lowest BCUT2D eigenvalue weighted by molar-refractivity contribution is 0.143. The molecule has 0 aliphatic carbocycles. The molecule has 0 saturated carbocycles. The molecule has 11 heteroatoms. The third-order valence-corrected chi connectivity index (χ3v) is 4.58. The number of amides is 1. The minimum absolute atomic E-state index is 0.239. The first-order valence-corrected chi connectivity index (χ1v) is 8.80. The van der Waals surface area contributed by atoms with E-state index in [0.29, 0.717) is 16.7 Å². The number of fused-ring (bicyclic) bond motifs is 1. The summed E-state index contributed by atoms with van der Waals surface area (Å²) in [7, 11) is 0. The highest BCUT2D eigenvalue weighted by atomic mass is 32.1. The Hall–Kier alpha value is -3.31. The van der Waals surface area contributed by atoms with Crippen LogP contribution in [0.15, 0.2) is 42.5 Å². The van der Waals surface area contributed by atoms with Gasteiger partial charge in [0.05, 0.1) is 24.3 Å². The van der Waals surface area contributed by atoms with E-state index in [9.17, 15) is 9.18 Å². The number of ether oxygens (including phenoxy) is 1. The van der Waals surface area contributed by atoms with E-state index in [1.807, 2.05) is 12.1 Å². The summed E-state index contributed by atoms with van der Waals surface area (Å²) in [5, 5.41) is 11.1. The molecule has 1 saturated heterocycles. The molecule has 4 rings (SSSR count). The highest BCUT2D eigenvalue weighted by Gasteiger charge is 2.32. The summed E-state index contributed by atoms with van der Waals surface area (Å²) in [5.74, 6) is 4.65. The lowest BCUT2D eigenvalue weighted by Gasteiger charge is -2.15. The smallest absolute Gasteiger partial charge is 0.414 e. The Morgan fingerprint density at radius 1 is 1.36 bits per heavy atom. The first kappa shape index (κ1) is 18.1. The van der Waals surface area contributed by atoms with Crippen LogP contribution in [0.2, 0.25) is 0 Å². The minimum atomic E-state index is -0.559. The molecular formula is C17H16FN7O2S. The molecule has 1 aliphatic heterocycles. The Kier molecular flexibility index (Phi) is 4.75. The zero-order valence-electron chi connectivity index (χ0n) is 14.5. The molecule has 2 heterocycles. The molecule has 2 aromatic carbocycles. The molecule has 0 spiro atoms. The number of rotatable bonds is 4. The van der Waals surface area contributed by atoms with Crippen LogP contribution >= 0.6 is 12.2 Å². The van der Waals surface area contributed by atoms with Crippen LogP contribution in [0.1, 0.15) is 0 Å². The Bertz CT molecular complexity index is 1060. The van der Waals surface area contributed by atoms with E-state index < -0.39 is 18.0 Å². The van der Waals surface area contributed by atoms with Gasteiger partial charge in [-0.15, -0.1) is 5.10 Å². The maximum atomic E-state index is 14.8. The number of halogens is 1. The summed E-state index contributed by atoms with van der Waals surface area (Å²) in [6, 6.07) is 11.7. The van der Waals surface area contributed by atoms with Gasteiger partial charge in [-0.05, 0) is 42.5 Å². The van der Waals surface area contributed by atoms with E-state index in [-0.39, 0.29) is 23.9 Å². The number of hydrazine groups is 1. The van der Waals surface area contributed by atoms with Crippen molar-refractivity contribution in [1.82, 2.24) is 25.7 Å². The van der Waals surface area contributed by atoms with E-state index in [4.69, 9.17) is 22.8 Å². The summed E-state index contributed by atoms with van der Waals surface area (Å²) in [5.41, 5.74) is 4.26. The van der Waals surface area contributed by atoms with Crippen molar-refractivity contribution in [3.63, 3.8) is 0 Å². The lowest BCUT2D eigenvalue weighted by Crippen LogP contribution is -2.43. The number of carbonyl (C=O) groups excluding carboxylic acids is 1. The van der Waals surface area contributed by atoms with Crippen molar-refractivity contribution in [1.29, 1.82) is 0 Å². The summed E-state index contributed by atoms with van der Waals surface area (Å²) < 4.78 is 21.5.